The molecule has 4 aliphatic carbocycles. The highest BCUT2D eigenvalue weighted by atomic mass is 35.5. The molecule has 4 nitrogen and oxygen atoms in total. The molecule has 0 amide bonds. The van der Waals surface area contributed by atoms with Crippen molar-refractivity contribution in [1.29, 1.82) is 0 Å². The maximum Gasteiger partial charge on any atom is 0.303 e. The van der Waals surface area contributed by atoms with Crippen LogP contribution in [0.4, 0.5) is 0 Å². The molecule has 0 spiro atoms. The number of esters is 1. The zero-order valence-corrected chi connectivity index (χ0v) is 20.6. The van der Waals surface area contributed by atoms with Gasteiger partial charge in [0.1, 0.15) is 5.60 Å². The van der Waals surface area contributed by atoms with Crippen LogP contribution in [-0.4, -0.2) is 21.1 Å². The van der Waals surface area contributed by atoms with E-state index in [0.29, 0.717) is 17.1 Å². The van der Waals surface area contributed by atoms with E-state index in [2.05, 4.69) is 47.7 Å². The number of allylic oxidation sites excluding steroid dienone is 3. The van der Waals surface area contributed by atoms with Crippen LogP contribution >= 0.6 is 11.6 Å². The minimum absolute atomic E-state index is 0.0300. The maximum atomic E-state index is 12.5. The van der Waals surface area contributed by atoms with Gasteiger partial charge in [0.15, 0.2) is 0 Å². The first-order valence-corrected chi connectivity index (χ1v) is 12.9. The fraction of sp³-hybridized carbons (Fsp3) is 0.571. The van der Waals surface area contributed by atoms with Gasteiger partial charge in [-0.1, -0.05) is 50.1 Å². The van der Waals surface area contributed by atoms with E-state index in [1.54, 1.807) is 6.92 Å². The number of rotatable bonds is 2. The SMILES string of the molecule is CC(=O)O[C@]12CC[C@]3(C)C(n4c(Cl)nc5ccccc54)=CC[C@H]3[C@@H]1CC=C1CCCC[C@@]12C. The van der Waals surface area contributed by atoms with Crippen molar-refractivity contribution in [2.75, 3.05) is 0 Å². The van der Waals surface area contributed by atoms with Crippen LogP contribution in [0, 0.1) is 22.7 Å². The van der Waals surface area contributed by atoms with Crippen molar-refractivity contribution in [3.8, 4) is 0 Å². The third-order valence-corrected chi connectivity index (χ3v) is 10.0. The van der Waals surface area contributed by atoms with E-state index >= 15 is 0 Å². The smallest absolute Gasteiger partial charge is 0.303 e. The molecule has 5 heteroatoms. The Bertz CT molecular complexity index is 1210. The molecule has 5 atom stereocenters. The van der Waals surface area contributed by atoms with Crippen LogP contribution in [0.3, 0.4) is 0 Å². The molecule has 0 unspecified atom stereocenters. The second kappa shape index (κ2) is 7.21. The van der Waals surface area contributed by atoms with E-state index in [9.17, 15) is 4.79 Å². The third-order valence-electron chi connectivity index (χ3n) is 9.79. The van der Waals surface area contributed by atoms with E-state index in [1.165, 1.54) is 24.1 Å². The molecule has 2 aromatic rings. The van der Waals surface area contributed by atoms with Crippen LogP contribution in [-0.2, 0) is 9.53 Å². The minimum Gasteiger partial charge on any atom is -0.458 e. The zero-order valence-electron chi connectivity index (χ0n) is 19.9. The van der Waals surface area contributed by atoms with Crippen LogP contribution in [0.2, 0.25) is 5.28 Å². The number of halogens is 1. The number of hydrogen-bond donors (Lipinski definition) is 0. The van der Waals surface area contributed by atoms with Gasteiger partial charge in [-0.15, -0.1) is 0 Å². The van der Waals surface area contributed by atoms with Gasteiger partial charge in [0.2, 0.25) is 5.28 Å². The Kier molecular flexibility index (Phi) is 4.69. The van der Waals surface area contributed by atoms with Gasteiger partial charge >= 0.3 is 5.97 Å². The molecule has 1 aromatic heterocycles. The summed E-state index contributed by atoms with van der Waals surface area (Å²) in [5.41, 5.74) is 4.31. The van der Waals surface area contributed by atoms with Crippen molar-refractivity contribution < 1.29 is 9.53 Å². The molecule has 0 bridgehead atoms. The van der Waals surface area contributed by atoms with Crippen molar-refractivity contribution in [2.45, 2.75) is 77.7 Å². The van der Waals surface area contributed by atoms with Gasteiger partial charge in [-0.25, -0.2) is 4.98 Å². The fourth-order valence-corrected chi connectivity index (χ4v) is 8.49. The quantitative estimate of drug-likeness (QED) is 0.349. The van der Waals surface area contributed by atoms with Crippen molar-refractivity contribution in [1.82, 2.24) is 9.55 Å². The first kappa shape index (κ1) is 21.5. The predicted octanol–water partition coefficient (Wildman–Crippen LogP) is 7.18. The van der Waals surface area contributed by atoms with Gasteiger partial charge in [-0.05, 0) is 74.6 Å². The first-order chi connectivity index (χ1) is 15.8. The molecule has 33 heavy (non-hydrogen) atoms. The lowest BCUT2D eigenvalue weighted by Gasteiger charge is -2.63. The maximum absolute atomic E-state index is 12.5. The third kappa shape index (κ3) is 2.76. The summed E-state index contributed by atoms with van der Waals surface area (Å²) in [6.45, 7) is 6.39. The van der Waals surface area contributed by atoms with Crippen molar-refractivity contribution in [3.05, 3.63) is 47.3 Å². The van der Waals surface area contributed by atoms with Gasteiger partial charge in [-0.2, -0.15) is 0 Å². The summed E-state index contributed by atoms with van der Waals surface area (Å²) < 4.78 is 8.65. The van der Waals surface area contributed by atoms with Crippen LogP contribution in [0.25, 0.3) is 16.7 Å². The topological polar surface area (TPSA) is 44.1 Å². The monoisotopic (exact) mass is 464 g/mol. The molecular formula is C28H33ClN2O2. The summed E-state index contributed by atoms with van der Waals surface area (Å²) in [6, 6.07) is 8.19. The number of hydrogen-bond acceptors (Lipinski definition) is 3. The molecule has 2 saturated carbocycles. The molecule has 6 rings (SSSR count). The standard InChI is InChI=1S/C28H33ClN2O2/c1-18(32)33-28-17-16-26(2)20(21(28)12-11-19-8-6-7-15-27(19,28)3)13-14-24(26)31-23-10-5-4-9-22(23)30-25(31)29/h4-5,9-11,14,20-21H,6-8,12-13,15-17H2,1-3H3/t20-,21-,26-,27-,28+/m0/s1. The molecule has 0 aliphatic heterocycles. The molecule has 174 valence electrons. The lowest BCUT2D eigenvalue weighted by Crippen LogP contribution is -2.64. The van der Waals surface area contributed by atoms with Crippen molar-refractivity contribution in [2.24, 2.45) is 22.7 Å². The Balaban J connectivity index is 1.45. The minimum atomic E-state index is -0.405. The Hall–Kier alpha value is -2.07. The van der Waals surface area contributed by atoms with Gasteiger partial charge in [0.05, 0.1) is 11.0 Å². The molecule has 2 fully saturated rings. The summed E-state index contributed by atoms with van der Waals surface area (Å²) in [7, 11) is 0. The number of para-hydroxylation sites is 2. The highest BCUT2D eigenvalue weighted by Gasteiger charge is 2.66. The number of fused-ring (bicyclic) bond motifs is 6. The Morgan fingerprint density at radius 1 is 1.09 bits per heavy atom. The van der Waals surface area contributed by atoms with Crippen molar-refractivity contribution in [3.63, 3.8) is 0 Å². The summed E-state index contributed by atoms with van der Waals surface area (Å²) >= 11 is 6.72. The Labute approximate surface area is 201 Å². The molecule has 0 N–H and O–H groups in total. The molecule has 0 saturated heterocycles. The molecule has 1 aromatic carbocycles. The molecule has 1 heterocycles. The lowest BCUT2D eigenvalue weighted by molar-refractivity contribution is -0.211. The van der Waals surface area contributed by atoms with Crippen LogP contribution in [0.1, 0.15) is 72.1 Å². The van der Waals surface area contributed by atoms with E-state index in [4.69, 9.17) is 16.3 Å². The first-order valence-electron chi connectivity index (χ1n) is 12.5. The second-order valence-corrected chi connectivity index (χ2v) is 11.5. The predicted molar refractivity (Wildman–Crippen MR) is 132 cm³/mol. The molecular weight excluding hydrogens is 432 g/mol. The average Bonchev–Trinajstić information content (AvgIpc) is 3.29. The molecule has 0 radical (unpaired) electrons. The highest BCUT2D eigenvalue weighted by molar-refractivity contribution is 6.29. The second-order valence-electron chi connectivity index (χ2n) is 11.1. The van der Waals surface area contributed by atoms with E-state index < -0.39 is 5.60 Å². The van der Waals surface area contributed by atoms with Crippen LogP contribution in [0.5, 0.6) is 0 Å². The number of carbonyl (C=O) groups is 1. The number of ether oxygens (including phenoxy) is 1. The number of carbonyl (C=O) groups excluding carboxylic acids is 1. The summed E-state index contributed by atoms with van der Waals surface area (Å²) in [4.78, 5) is 17.1. The number of imidazole rings is 1. The van der Waals surface area contributed by atoms with Gasteiger partial charge in [0, 0.05) is 29.4 Å². The van der Waals surface area contributed by atoms with Crippen LogP contribution < -0.4 is 0 Å². The lowest BCUT2D eigenvalue weighted by atomic mass is 9.45. The number of nitrogens with zero attached hydrogens (tertiary/aromatic N) is 2. The average molecular weight is 465 g/mol. The fourth-order valence-electron chi connectivity index (χ4n) is 8.22. The van der Waals surface area contributed by atoms with Gasteiger partial charge < -0.3 is 4.74 Å². The van der Waals surface area contributed by atoms with Crippen LogP contribution in [0.15, 0.2) is 42.0 Å². The van der Waals surface area contributed by atoms with E-state index in [-0.39, 0.29) is 16.8 Å². The normalized spacial score (nSPS) is 37.6. The highest BCUT2D eigenvalue weighted by Crippen LogP contribution is 2.68. The largest absolute Gasteiger partial charge is 0.458 e. The van der Waals surface area contributed by atoms with E-state index in [0.717, 1.165) is 49.6 Å². The molecule has 4 aliphatic rings. The van der Waals surface area contributed by atoms with Gasteiger partial charge in [0.25, 0.3) is 0 Å². The summed E-state index contributed by atoms with van der Waals surface area (Å²) in [5, 5.41) is 0.534. The van der Waals surface area contributed by atoms with E-state index in [1.807, 2.05) is 12.1 Å². The Morgan fingerprint density at radius 2 is 1.88 bits per heavy atom. The number of aromatic nitrogens is 2. The zero-order chi connectivity index (χ0) is 23.0. The van der Waals surface area contributed by atoms with Gasteiger partial charge in [-0.3, -0.25) is 9.36 Å². The number of benzene rings is 1. The summed E-state index contributed by atoms with van der Waals surface area (Å²) in [5.74, 6) is 0.593. The summed E-state index contributed by atoms with van der Waals surface area (Å²) in [6.07, 6.45) is 13.5. The van der Waals surface area contributed by atoms with Crippen molar-refractivity contribution >= 4 is 34.3 Å². The Morgan fingerprint density at radius 3 is 2.70 bits per heavy atom.